The maximum absolute atomic E-state index is 12.1. The van der Waals surface area contributed by atoms with Gasteiger partial charge >= 0.3 is 0 Å². The molecule has 0 spiro atoms. The number of anilines is 1. The molecular formula is C13H16N6O. The number of nitrogens with one attached hydrogen (secondary N) is 1. The van der Waals surface area contributed by atoms with Crippen molar-refractivity contribution in [3.05, 3.63) is 36.4 Å². The van der Waals surface area contributed by atoms with Gasteiger partial charge in [-0.3, -0.25) is 9.78 Å². The molecular weight excluding hydrogens is 256 g/mol. The van der Waals surface area contributed by atoms with Gasteiger partial charge < -0.3 is 10.2 Å². The van der Waals surface area contributed by atoms with Crippen LogP contribution in [0.15, 0.2) is 30.7 Å². The lowest BCUT2D eigenvalue weighted by Gasteiger charge is -2.18. The van der Waals surface area contributed by atoms with Crippen molar-refractivity contribution in [2.24, 2.45) is 7.05 Å². The summed E-state index contributed by atoms with van der Waals surface area (Å²) >= 11 is 0. The van der Waals surface area contributed by atoms with Gasteiger partial charge in [0.25, 0.3) is 5.91 Å². The van der Waals surface area contributed by atoms with Crippen molar-refractivity contribution in [3.63, 3.8) is 0 Å². The van der Waals surface area contributed by atoms with Crippen molar-refractivity contribution in [1.82, 2.24) is 25.3 Å². The molecule has 0 aliphatic carbocycles. The van der Waals surface area contributed by atoms with Crippen LogP contribution in [0.1, 0.15) is 16.9 Å². The van der Waals surface area contributed by atoms with Crippen LogP contribution >= 0.6 is 0 Å². The van der Waals surface area contributed by atoms with Crippen LogP contribution in [-0.2, 0) is 7.05 Å². The molecule has 7 heteroatoms. The molecule has 1 amide bonds. The predicted molar refractivity (Wildman–Crippen MR) is 73.3 cm³/mol. The summed E-state index contributed by atoms with van der Waals surface area (Å²) in [6.45, 7) is 1.71. The largest absolute Gasteiger partial charge is 0.368 e. The van der Waals surface area contributed by atoms with Crippen molar-refractivity contribution in [2.45, 2.75) is 12.5 Å². The first-order valence-corrected chi connectivity index (χ1v) is 6.54. The molecule has 20 heavy (non-hydrogen) atoms. The third-order valence-electron chi connectivity index (χ3n) is 3.48. The highest BCUT2D eigenvalue weighted by atomic mass is 16.2. The SMILES string of the molecule is Cn1nncc1C(=O)NC1CCN(c2cccnc2)C1. The molecule has 104 valence electrons. The Balaban J connectivity index is 1.61. The number of hydrogen-bond acceptors (Lipinski definition) is 5. The van der Waals surface area contributed by atoms with Gasteiger partial charge in [0.1, 0.15) is 5.69 Å². The molecule has 0 bridgehead atoms. The lowest BCUT2D eigenvalue weighted by atomic mass is 10.2. The summed E-state index contributed by atoms with van der Waals surface area (Å²) in [5.41, 5.74) is 1.57. The number of hydrogen-bond donors (Lipinski definition) is 1. The number of amides is 1. The van der Waals surface area contributed by atoms with E-state index in [-0.39, 0.29) is 11.9 Å². The highest BCUT2D eigenvalue weighted by molar-refractivity contribution is 5.92. The van der Waals surface area contributed by atoms with Gasteiger partial charge in [0, 0.05) is 32.4 Å². The smallest absolute Gasteiger partial charge is 0.271 e. The van der Waals surface area contributed by atoms with Crippen LogP contribution in [0, 0.1) is 0 Å². The first-order valence-electron chi connectivity index (χ1n) is 6.54. The fraction of sp³-hybridized carbons (Fsp3) is 0.385. The molecule has 1 unspecified atom stereocenters. The molecule has 7 nitrogen and oxygen atoms in total. The molecule has 3 rings (SSSR count). The fourth-order valence-corrected chi connectivity index (χ4v) is 2.41. The predicted octanol–water partition coefficient (Wildman–Crippen LogP) is 0.219. The molecule has 1 aliphatic heterocycles. The van der Waals surface area contributed by atoms with E-state index in [1.807, 2.05) is 18.3 Å². The van der Waals surface area contributed by atoms with E-state index < -0.39 is 0 Å². The number of rotatable bonds is 3. The minimum absolute atomic E-state index is 0.129. The Morgan fingerprint density at radius 2 is 2.35 bits per heavy atom. The van der Waals surface area contributed by atoms with Crippen LogP contribution in [0.3, 0.4) is 0 Å². The lowest BCUT2D eigenvalue weighted by Crippen LogP contribution is -2.37. The molecule has 1 N–H and O–H groups in total. The van der Waals surface area contributed by atoms with Gasteiger partial charge in [-0.05, 0) is 18.6 Å². The van der Waals surface area contributed by atoms with Gasteiger partial charge in [0.2, 0.25) is 0 Å². The van der Waals surface area contributed by atoms with Crippen molar-refractivity contribution in [3.8, 4) is 0 Å². The Hall–Kier alpha value is -2.44. The molecule has 3 heterocycles. The minimum Gasteiger partial charge on any atom is -0.368 e. The molecule has 1 fully saturated rings. The number of carbonyl (C=O) groups excluding carboxylic acids is 1. The van der Waals surface area contributed by atoms with Gasteiger partial charge in [0.05, 0.1) is 18.1 Å². The zero-order valence-electron chi connectivity index (χ0n) is 11.2. The second-order valence-electron chi connectivity index (χ2n) is 4.86. The van der Waals surface area contributed by atoms with E-state index in [1.54, 1.807) is 13.2 Å². The molecule has 2 aromatic rings. The second kappa shape index (κ2) is 5.28. The van der Waals surface area contributed by atoms with Gasteiger partial charge in [-0.15, -0.1) is 5.10 Å². The van der Waals surface area contributed by atoms with Crippen LogP contribution in [0.4, 0.5) is 5.69 Å². The van der Waals surface area contributed by atoms with E-state index in [0.717, 1.165) is 25.2 Å². The Morgan fingerprint density at radius 3 is 3.05 bits per heavy atom. The average molecular weight is 272 g/mol. The molecule has 0 radical (unpaired) electrons. The maximum Gasteiger partial charge on any atom is 0.271 e. The van der Waals surface area contributed by atoms with E-state index in [4.69, 9.17) is 0 Å². The first kappa shape index (κ1) is 12.6. The van der Waals surface area contributed by atoms with Gasteiger partial charge in [-0.25, -0.2) is 4.68 Å². The average Bonchev–Trinajstić information content (AvgIpc) is 3.09. The summed E-state index contributed by atoms with van der Waals surface area (Å²) in [5, 5.41) is 10.5. The van der Waals surface area contributed by atoms with Crippen LogP contribution in [0.5, 0.6) is 0 Å². The quantitative estimate of drug-likeness (QED) is 0.865. The monoisotopic (exact) mass is 272 g/mol. The molecule has 2 aromatic heterocycles. The van der Waals surface area contributed by atoms with Gasteiger partial charge in [0.15, 0.2) is 0 Å². The highest BCUT2D eigenvalue weighted by Crippen LogP contribution is 2.18. The summed E-state index contributed by atoms with van der Waals surface area (Å²) in [7, 11) is 1.71. The van der Waals surface area contributed by atoms with Gasteiger partial charge in [-0.2, -0.15) is 0 Å². The molecule has 1 saturated heterocycles. The zero-order valence-corrected chi connectivity index (χ0v) is 11.2. The Bertz CT molecular complexity index is 596. The molecule has 0 aromatic carbocycles. The fourth-order valence-electron chi connectivity index (χ4n) is 2.41. The van der Waals surface area contributed by atoms with Crippen LogP contribution in [0.2, 0.25) is 0 Å². The number of aryl methyl sites for hydroxylation is 1. The lowest BCUT2D eigenvalue weighted by molar-refractivity contribution is 0.0931. The van der Waals surface area contributed by atoms with Crippen molar-refractivity contribution in [1.29, 1.82) is 0 Å². The van der Waals surface area contributed by atoms with Crippen molar-refractivity contribution in [2.75, 3.05) is 18.0 Å². The maximum atomic E-state index is 12.1. The number of aromatic nitrogens is 4. The zero-order chi connectivity index (χ0) is 13.9. The van der Waals surface area contributed by atoms with Crippen LogP contribution < -0.4 is 10.2 Å². The van der Waals surface area contributed by atoms with E-state index >= 15 is 0 Å². The summed E-state index contributed by atoms with van der Waals surface area (Å²) in [6, 6.07) is 4.09. The summed E-state index contributed by atoms with van der Waals surface area (Å²) in [5.74, 6) is -0.129. The van der Waals surface area contributed by atoms with E-state index in [9.17, 15) is 4.79 Å². The van der Waals surface area contributed by atoms with Crippen LogP contribution in [0.25, 0.3) is 0 Å². The topological polar surface area (TPSA) is 75.9 Å². The Morgan fingerprint density at radius 1 is 1.45 bits per heavy atom. The molecule has 0 saturated carbocycles. The number of nitrogens with zero attached hydrogens (tertiary/aromatic N) is 5. The second-order valence-corrected chi connectivity index (χ2v) is 4.86. The van der Waals surface area contributed by atoms with Crippen molar-refractivity contribution < 1.29 is 4.79 Å². The number of pyridine rings is 1. The highest BCUT2D eigenvalue weighted by Gasteiger charge is 2.25. The third kappa shape index (κ3) is 2.47. The minimum atomic E-state index is -0.129. The number of carbonyl (C=O) groups is 1. The van der Waals surface area contributed by atoms with E-state index in [0.29, 0.717) is 5.69 Å². The van der Waals surface area contributed by atoms with Gasteiger partial charge in [-0.1, -0.05) is 5.21 Å². The molecule has 1 atom stereocenters. The first-order chi connectivity index (χ1) is 9.74. The van der Waals surface area contributed by atoms with Crippen LogP contribution in [-0.4, -0.2) is 45.0 Å². The summed E-state index contributed by atoms with van der Waals surface area (Å²) < 4.78 is 1.48. The summed E-state index contributed by atoms with van der Waals surface area (Å²) in [4.78, 5) is 18.4. The normalized spacial score (nSPS) is 18.2. The standard InChI is InChI=1S/C13H16N6O/c1-18-12(8-15-17-18)13(20)16-10-4-6-19(9-10)11-3-2-5-14-7-11/h2-3,5,7-8,10H,4,6,9H2,1H3,(H,16,20). The van der Waals surface area contributed by atoms with E-state index in [1.165, 1.54) is 10.9 Å². The molecule has 1 aliphatic rings. The Kier molecular flexibility index (Phi) is 3.32. The Labute approximate surface area is 116 Å². The van der Waals surface area contributed by atoms with Crippen molar-refractivity contribution >= 4 is 11.6 Å². The van der Waals surface area contributed by atoms with E-state index in [2.05, 4.69) is 25.5 Å². The summed E-state index contributed by atoms with van der Waals surface area (Å²) in [6.07, 6.45) is 6.00. The third-order valence-corrected chi connectivity index (χ3v) is 3.48.